The molecule has 1 aliphatic heterocycles. The summed E-state index contributed by atoms with van der Waals surface area (Å²) in [4.78, 5) is 33.9. The maximum absolute atomic E-state index is 13.9. The van der Waals surface area contributed by atoms with Crippen molar-refractivity contribution < 1.29 is 19.0 Å². The highest BCUT2D eigenvalue weighted by Gasteiger charge is 2.18. The number of ether oxygens (including phenoxy) is 3. The fraction of sp³-hybridized carbons (Fsp3) is 0.300. The second-order valence-electron chi connectivity index (χ2n) is 9.31. The van der Waals surface area contributed by atoms with Crippen LogP contribution in [0.25, 0.3) is 10.9 Å². The van der Waals surface area contributed by atoms with E-state index in [2.05, 4.69) is 4.90 Å². The monoisotopic (exact) mass is 579 g/mol. The van der Waals surface area contributed by atoms with E-state index in [1.807, 2.05) is 36.4 Å². The number of Topliss-reactive ketones (excluding diaryl/α,β-unsaturated/α-hetero) is 1. The van der Waals surface area contributed by atoms with Gasteiger partial charge in [0.2, 0.25) is 0 Å². The molecule has 3 aromatic carbocycles. The quantitative estimate of drug-likeness (QED) is 0.145. The van der Waals surface area contributed by atoms with Gasteiger partial charge in [0, 0.05) is 35.9 Å². The highest BCUT2D eigenvalue weighted by molar-refractivity contribution is 7.99. The van der Waals surface area contributed by atoms with Crippen molar-refractivity contribution in [3.05, 3.63) is 87.2 Å². The maximum atomic E-state index is 13.9. The van der Waals surface area contributed by atoms with Gasteiger partial charge in [-0.2, -0.15) is 0 Å². The third kappa shape index (κ3) is 6.27. The van der Waals surface area contributed by atoms with Gasteiger partial charge in [-0.1, -0.05) is 29.4 Å². The summed E-state index contributed by atoms with van der Waals surface area (Å²) in [5.41, 5.74) is 2.99. The lowest BCUT2D eigenvalue weighted by Gasteiger charge is -2.29. The van der Waals surface area contributed by atoms with E-state index in [0.29, 0.717) is 64.3 Å². The molecule has 0 atom stereocenters. The molecule has 1 saturated heterocycles. The summed E-state index contributed by atoms with van der Waals surface area (Å²) in [7, 11) is 3.19. The predicted octanol–water partition coefficient (Wildman–Crippen LogP) is 5.12. The van der Waals surface area contributed by atoms with Crippen LogP contribution in [0.15, 0.2) is 70.6 Å². The number of fused-ring (bicyclic) bond motifs is 1. The minimum absolute atomic E-state index is 0.0647. The summed E-state index contributed by atoms with van der Waals surface area (Å²) in [6.07, 6.45) is 0.565. The van der Waals surface area contributed by atoms with Gasteiger partial charge in [-0.15, -0.1) is 0 Å². The summed E-state index contributed by atoms with van der Waals surface area (Å²) in [5, 5.41) is 1.62. The Morgan fingerprint density at radius 3 is 2.48 bits per heavy atom. The van der Waals surface area contributed by atoms with Crippen molar-refractivity contribution in [3.8, 4) is 11.5 Å². The van der Waals surface area contributed by atoms with Gasteiger partial charge in [-0.25, -0.2) is 4.98 Å². The number of aryl methyl sites for hydroxylation is 1. The number of carbonyl (C=O) groups excluding carboxylic acids is 1. The zero-order valence-corrected chi connectivity index (χ0v) is 24.0. The van der Waals surface area contributed by atoms with Crippen LogP contribution in [0.5, 0.6) is 11.5 Å². The third-order valence-electron chi connectivity index (χ3n) is 6.85. The second kappa shape index (κ2) is 12.8. The predicted molar refractivity (Wildman–Crippen MR) is 159 cm³/mol. The van der Waals surface area contributed by atoms with Gasteiger partial charge in [0.15, 0.2) is 22.4 Å². The normalized spacial score (nSPS) is 13.4. The largest absolute Gasteiger partial charge is 0.493 e. The van der Waals surface area contributed by atoms with Crippen molar-refractivity contribution in [1.82, 2.24) is 9.55 Å². The molecule has 4 aromatic rings. The second-order valence-corrected chi connectivity index (χ2v) is 10.7. The van der Waals surface area contributed by atoms with Gasteiger partial charge in [0.25, 0.3) is 5.56 Å². The molecule has 0 N–H and O–H groups in total. The number of benzene rings is 3. The SMILES string of the molecule is COc1ccc(CCn2c(SCC(=O)c3ccc(Cl)cc3)nc3ccc(N4CCOCC4)cc3c2=O)cc1OC. The fourth-order valence-electron chi connectivity index (χ4n) is 4.64. The van der Waals surface area contributed by atoms with E-state index >= 15 is 0 Å². The van der Waals surface area contributed by atoms with Gasteiger partial charge in [0.05, 0.1) is 44.1 Å². The average Bonchev–Trinajstić information content (AvgIpc) is 3.00. The van der Waals surface area contributed by atoms with E-state index < -0.39 is 0 Å². The molecule has 0 aliphatic carbocycles. The lowest BCUT2D eigenvalue weighted by atomic mass is 10.1. The summed E-state index contributed by atoms with van der Waals surface area (Å²) >= 11 is 7.24. The van der Waals surface area contributed by atoms with Crippen LogP contribution in [0.3, 0.4) is 0 Å². The molecule has 0 spiro atoms. The van der Waals surface area contributed by atoms with Crippen LogP contribution in [0.2, 0.25) is 5.02 Å². The molecule has 1 aliphatic rings. The van der Waals surface area contributed by atoms with Gasteiger partial charge in [-0.3, -0.25) is 14.2 Å². The summed E-state index contributed by atoms with van der Waals surface area (Å²) in [6.45, 7) is 3.24. The number of rotatable bonds is 10. The Labute approximate surface area is 241 Å². The van der Waals surface area contributed by atoms with E-state index in [4.69, 9.17) is 30.8 Å². The molecule has 0 bridgehead atoms. The van der Waals surface area contributed by atoms with Crippen molar-refractivity contribution in [2.75, 3.05) is 51.2 Å². The maximum Gasteiger partial charge on any atom is 0.262 e. The minimum Gasteiger partial charge on any atom is -0.493 e. The first-order valence-electron chi connectivity index (χ1n) is 13.0. The summed E-state index contributed by atoms with van der Waals surface area (Å²) < 4.78 is 18.0. The van der Waals surface area contributed by atoms with Crippen LogP contribution < -0.4 is 19.9 Å². The van der Waals surface area contributed by atoms with Crippen molar-refractivity contribution in [2.24, 2.45) is 0 Å². The van der Waals surface area contributed by atoms with Crippen molar-refractivity contribution in [1.29, 1.82) is 0 Å². The number of methoxy groups -OCH3 is 2. The summed E-state index contributed by atoms with van der Waals surface area (Å²) in [6, 6.07) is 18.3. The molecule has 0 unspecified atom stereocenters. The molecule has 0 radical (unpaired) electrons. The van der Waals surface area contributed by atoms with E-state index in [-0.39, 0.29) is 17.1 Å². The first-order chi connectivity index (χ1) is 19.5. The molecule has 1 aromatic heterocycles. The highest BCUT2D eigenvalue weighted by Crippen LogP contribution is 2.28. The molecule has 1 fully saturated rings. The molecule has 0 saturated carbocycles. The van der Waals surface area contributed by atoms with Crippen LogP contribution in [0.4, 0.5) is 5.69 Å². The highest BCUT2D eigenvalue weighted by atomic mass is 35.5. The Morgan fingerprint density at radius 1 is 1.00 bits per heavy atom. The Morgan fingerprint density at radius 2 is 1.75 bits per heavy atom. The van der Waals surface area contributed by atoms with Crippen molar-refractivity contribution in [2.45, 2.75) is 18.1 Å². The van der Waals surface area contributed by atoms with Crippen LogP contribution in [-0.2, 0) is 17.7 Å². The molecule has 5 rings (SSSR count). The molecular formula is C30H30ClN3O5S. The number of nitrogens with zero attached hydrogens (tertiary/aromatic N) is 3. The zero-order chi connectivity index (χ0) is 28.1. The van der Waals surface area contributed by atoms with E-state index in [0.717, 1.165) is 24.3 Å². The van der Waals surface area contributed by atoms with Crippen LogP contribution in [0.1, 0.15) is 15.9 Å². The Balaban J connectivity index is 1.47. The lowest BCUT2D eigenvalue weighted by molar-refractivity contribution is 0.102. The Kier molecular flexibility index (Phi) is 8.94. The van der Waals surface area contributed by atoms with Crippen LogP contribution in [0, 0.1) is 0 Å². The van der Waals surface area contributed by atoms with Crippen LogP contribution in [-0.4, -0.2) is 61.6 Å². The van der Waals surface area contributed by atoms with Gasteiger partial charge >= 0.3 is 0 Å². The third-order valence-corrected chi connectivity index (χ3v) is 8.08. The molecule has 10 heteroatoms. The molecule has 208 valence electrons. The number of ketones is 1. The number of carbonyl (C=O) groups is 1. The molecule has 0 amide bonds. The van der Waals surface area contributed by atoms with E-state index in [9.17, 15) is 9.59 Å². The topological polar surface area (TPSA) is 82.9 Å². The number of anilines is 1. The smallest absolute Gasteiger partial charge is 0.262 e. The molecular weight excluding hydrogens is 550 g/mol. The number of aromatic nitrogens is 2. The lowest BCUT2D eigenvalue weighted by Crippen LogP contribution is -2.36. The molecule has 40 heavy (non-hydrogen) atoms. The average molecular weight is 580 g/mol. The number of morpholine rings is 1. The number of thioether (sulfide) groups is 1. The Hall–Kier alpha value is -3.53. The van der Waals surface area contributed by atoms with Crippen molar-refractivity contribution in [3.63, 3.8) is 0 Å². The number of hydrogen-bond acceptors (Lipinski definition) is 8. The van der Waals surface area contributed by atoms with Gasteiger partial charge in [0.1, 0.15) is 0 Å². The van der Waals surface area contributed by atoms with Crippen molar-refractivity contribution >= 4 is 45.7 Å². The Bertz CT molecular complexity index is 1570. The van der Waals surface area contributed by atoms with E-state index in [1.165, 1.54) is 11.8 Å². The zero-order valence-electron chi connectivity index (χ0n) is 22.4. The first kappa shape index (κ1) is 28.0. The minimum atomic E-state index is -0.137. The van der Waals surface area contributed by atoms with E-state index in [1.54, 1.807) is 43.1 Å². The fourth-order valence-corrected chi connectivity index (χ4v) is 5.69. The van der Waals surface area contributed by atoms with Crippen LogP contribution >= 0.6 is 23.4 Å². The first-order valence-corrected chi connectivity index (χ1v) is 14.3. The van der Waals surface area contributed by atoms with Gasteiger partial charge in [-0.05, 0) is 66.6 Å². The standard InChI is InChI=1S/C30H30ClN3O5S/c1-37-27-10-3-20(17-28(27)38-2)11-12-34-29(36)24-18-23(33-13-15-39-16-14-33)8-9-25(24)32-30(34)40-19-26(35)21-4-6-22(31)7-5-21/h3-10,17-18H,11-16,19H2,1-2H3. The number of halogens is 1. The van der Waals surface area contributed by atoms with Gasteiger partial charge < -0.3 is 19.1 Å². The number of hydrogen-bond donors (Lipinski definition) is 0. The summed E-state index contributed by atoms with van der Waals surface area (Å²) in [5.74, 6) is 1.35. The molecule has 8 nitrogen and oxygen atoms in total. The molecule has 2 heterocycles.